The molecule has 1 aromatic carbocycles. The summed E-state index contributed by atoms with van der Waals surface area (Å²) in [7, 11) is 3.51. The van der Waals surface area contributed by atoms with E-state index in [0.717, 1.165) is 24.3 Å². The maximum Gasteiger partial charge on any atom is 0.251 e. The second kappa shape index (κ2) is 6.10. The van der Waals surface area contributed by atoms with E-state index in [1.807, 2.05) is 23.9 Å². The third-order valence-electron chi connectivity index (χ3n) is 3.16. The molecule has 0 saturated carbocycles. The predicted molar refractivity (Wildman–Crippen MR) is 79.6 cm³/mol. The SMILES string of the molecule is CNC(=O)c1ccc(NCCc2ccnn2C)c(N)c1. The van der Waals surface area contributed by atoms with Gasteiger partial charge in [0.1, 0.15) is 0 Å². The summed E-state index contributed by atoms with van der Waals surface area (Å²) in [5.41, 5.74) is 9.05. The number of aryl methyl sites for hydroxylation is 1. The smallest absolute Gasteiger partial charge is 0.251 e. The van der Waals surface area contributed by atoms with Crippen molar-refractivity contribution in [3.8, 4) is 0 Å². The molecular formula is C14H19N5O. The highest BCUT2D eigenvalue weighted by Gasteiger charge is 2.06. The molecule has 0 atom stereocenters. The Morgan fingerprint density at radius 3 is 2.80 bits per heavy atom. The van der Waals surface area contributed by atoms with Gasteiger partial charge in [0.15, 0.2) is 0 Å². The van der Waals surface area contributed by atoms with Crippen LogP contribution in [0.4, 0.5) is 11.4 Å². The first kappa shape index (κ1) is 13.9. The second-order valence-corrected chi connectivity index (χ2v) is 4.50. The fourth-order valence-corrected chi connectivity index (χ4v) is 1.98. The van der Waals surface area contributed by atoms with Gasteiger partial charge in [0, 0.05) is 44.5 Å². The topological polar surface area (TPSA) is 85.0 Å². The summed E-state index contributed by atoms with van der Waals surface area (Å²) in [6.07, 6.45) is 2.63. The maximum atomic E-state index is 11.5. The Bertz CT molecular complexity index is 605. The summed E-state index contributed by atoms with van der Waals surface area (Å²) in [5.74, 6) is -0.141. The van der Waals surface area contributed by atoms with Gasteiger partial charge in [-0.3, -0.25) is 9.48 Å². The third kappa shape index (κ3) is 3.09. The van der Waals surface area contributed by atoms with Crippen LogP contribution in [-0.2, 0) is 13.5 Å². The van der Waals surface area contributed by atoms with Crippen molar-refractivity contribution < 1.29 is 4.79 Å². The summed E-state index contributed by atoms with van der Waals surface area (Å²) in [6, 6.07) is 7.23. The van der Waals surface area contributed by atoms with Crippen molar-refractivity contribution in [1.82, 2.24) is 15.1 Å². The number of nitrogens with zero attached hydrogens (tertiary/aromatic N) is 2. The standard InChI is InChI=1S/C14H19N5O/c1-16-14(20)10-3-4-13(12(15)9-10)17-7-5-11-6-8-18-19(11)2/h3-4,6,8-9,17H,5,7,15H2,1-2H3,(H,16,20). The van der Waals surface area contributed by atoms with Crippen molar-refractivity contribution >= 4 is 17.3 Å². The number of hydrogen-bond acceptors (Lipinski definition) is 4. The van der Waals surface area contributed by atoms with Crippen molar-refractivity contribution in [3.05, 3.63) is 41.7 Å². The van der Waals surface area contributed by atoms with Crippen LogP contribution < -0.4 is 16.4 Å². The van der Waals surface area contributed by atoms with E-state index in [1.165, 1.54) is 0 Å². The van der Waals surface area contributed by atoms with Crippen molar-refractivity contribution in [2.45, 2.75) is 6.42 Å². The number of rotatable bonds is 5. The van der Waals surface area contributed by atoms with Gasteiger partial charge in [0.25, 0.3) is 5.91 Å². The van der Waals surface area contributed by atoms with Gasteiger partial charge in [-0.15, -0.1) is 0 Å². The van der Waals surface area contributed by atoms with Crippen molar-refractivity contribution in [2.24, 2.45) is 7.05 Å². The number of nitrogen functional groups attached to an aromatic ring is 1. The number of hydrogen-bond donors (Lipinski definition) is 3. The third-order valence-corrected chi connectivity index (χ3v) is 3.16. The largest absolute Gasteiger partial charge is 0.397 e. The summed E-state index contributed by atoms with van der Waals surface area (Å²) in [6.45, 7) is 0.753. The quantitative estimate of drug-likeness (QED) is 0.710. The molecule has 0 aliphatic heterocycles. The Morgan fingerprint density at radius 1 is 1.40 bits per heavy atom. The Morgan fingerprint density at radius 2 is 2.20 bits per heavy atom. The fraction of sp³-hybridized carbons (Fsp3) is 0.286. The lowest BCUT2D eigenvalue weighted by atomic mass is 10.1. The first-order valence-corrected chi connectivity index (χ1v) is 6.44. The summed E-state index contributed by atoms with van der Waals surface area (Å²) in [5, 5.41) is 9.96. The molecule has 2 rings (SSSR count). The monoisotopic (exact) mass is 273 g/mol. The zero-order valence-electron chi connectivity index (χ0n) is 11.7. The van der Waals surface area contributed by atoms with Gasteiger partial charge in [-0.2, -0.15) is 5.10 Å². The van der Waals surface area contributed by atoms with Crippen molar-refractivity contribution in [1.29, 1.82) is 0 Å². The van der Waals surface area contributed by atoms with Crippen LogP contribution in [0.5, 0.6) is 0 Å². The van der Waals surface area contributed by atoms with Crippen molar-refractivity contribution in [3.63, 3.8) is 0 Å². The van der Waals surface area contributed by atoms with Crippen LogP contribution in [0.15, 0.2) is 30.5 Å². The molecule has 1 amide bonds. The highest BCUT2D eigenvalue weighted by atomic mass is 16.1. The van der Waals surface area contributed by atoms with E-state index in [9.17, 15) is 4.79 Å². The molecule has 0 spiro atoms. The lowest BCUT2D eigenvalue weighted by Gasteiger charge is -2.10. The molecule has 0 aliphatic rings. The van der Waals surface area contributed by atoms with Crippen LogP contribution in [0.25, 0.3) is 0 Å². The molecule has 106 valence electrons. The molecule has 6 nitrogen and oxygen atoms in total. The second-order valence-electron chi connectivity index (χ2n) is 4.50. The number of amides is 1. The van der Waals surface area contributed by atoms with E-state index in [0.29, 0.717) is 11.3 Å². The van der Waals surface area contributed by atoms with Crippen LogP contribution >= 0.6 is 0 Å². The number of nitrogens with two attached hydrogens (primary N) is 1. The van der Waals surface area contributed by atoms with E-state index in [2.05, 4.69) is 15.7 Å². The van der Waals surface area contributed by atoms with Gasteiger partial charge in [0.05, 0.1) is 11.4 Å². The molecule has 1 aromatic heterocycles. The molecule has 1 heterocycles. The van der Waals surface area contributed by atoms with Crippen LogP contribution in [0, 0.1) is 0 Å². The molecule has 0 unspecified atom stereocenters. The minimum absolute atomic E-state index is 0.141. The minimum Gasteiger partial charge on any atom is -0.397 e. The molecule has 0 bridgehead atoms. The average molecular weight is 273 g/mol. The molecule has 4 N–H and O–H groups in total. The molecule has 20 heavy (non-hydrogen) atoms. The molecule has 2 aromatic rings. The van der Waals surface area contributed by atoms with Crippen LogP contribution in [-0.4, -0.2) is 29.3 Å². The van der Waals surface area contributed by atoms with Gasteiger partial charge in [0.2, 0.25) is 0 Å². The van der Waals surface area contributed by atoms with Gasteiger partial charge in [-0.05, 0) is 24.3 Å². The summed E-state index contributed by atoms with van der Waals surface area (Å²) < 4.78 is 1.85. The van der Waals surface area contributed by atoms with E-state index in [4.69, 9.17) is 5.73 Å². The molecule has 6 heteroatoms. The van der Waals surface area contributed by atoms with Gasteiger partial charge < -0.3 is 16.4 Å². The zero-order valence-corrected chi connectivity index (χ0v) is 11.7. The molecule has 0 aliphatic carbocycles. The minimum atomic E-state index is -0.141. The molecule has 0 fully saturated rings. The van der Waals surface area contributed by atoms with E-state index < -0.39 is 0 Å². The Kier molecular flexibility index (Phi) is 4.24. The highest BCUT2D eigenvalue weighted by molar-refractivity contribution is 5.95. The van der Waals surface area contributed by atoms with Crippen LogP contribution in [0.2, 0.25) is 0 Å². The molecule has 0 radical (unpaired) electrons. The number of nitrogens with one attached hydrogen (secondary N) is 2. The highest BCUT2D eigenvalue weighted by Crippen LogP contribution is 2.19. The van der Waals surface area contributed by atoms with Gasteiger partial charge >= 0.3 is 0 Å². The average Bonchev–Trinajstić information content (AvgIpc) is 2.85. The number of carbonyl (C=O) groups is 1. The fourth-order valence-electron chi connectivity index (χ4n) is 1.98. The molecular weight excluding hydrogens is 254 g/mol. The summed E-state index contributed by atoms with van der Waals surface area (Å²) >= 11 is 0. The lowest BCUT2D eigenvalue weighted by Crippen LogP contribution is -2.18. The van der Waals surface area contributed by atoms with Crippen LogP contribution in [0.1, 0.15) is 16.1 Å². The lowest BCUT2D eigenvalue weighted by molar-refractivity contribution is 0.0963. The van der Waals surface area contributed by atoms with Crippen LogP contribution in [0.3, 0.4) is 0 Å². The van der Waals surface area contributed by atoms with E-state index >= 15 is 0 Å². The Hall–Kier alpha value is -2.50. The zero-order chi connectivity index (χ0) is 14.5. The number of anilines is 2. The van der Waals surface area contributed by atoms with Gasteiger partial charge in [-0.25, -0.2) is 0 Å². The summed E-state index contributed by atoms with van der Waals surface area (Å²) in [4.78, 5) is 11.5. The number of benzene rings is 1. The predicted octanol–water partition coefficient (Wildman–Crippen LogP) is 1.02. The van der Waals surface area contributed by atoms with Crippen molar-refractivity contribution in [2.75, 3.05) is 24.6 Å². The first-order valence-electron chi connectivity index (χ1n) is 6.44. The first-order chi connectivity index (χ1) is 9.61. The number of aromatic nitrogens is 2. The van der Waals surface area contributed by atoms with E-state index in [-0.39, 0.29) is 5.91 Å². The number of carbonyl (C=O) groups excluding carboxylic acids is 1. The van der Waals surface area contributed by atoms with Gasteiger partial charge in [-0.1, -0.05) is 0 Å². The normalized spacial score (nSPS) is 10.3. The van der Waals surface area contributed by atoms with E-state index in [1.54, 1.807) is 25.4 Å². The Labute approximate surface area is 118 Å². The molecule has 0 saturated heterocycles. The Balaban J connectivity index is 1.96. The maximum absolute atomic E-state index is 11.5.